The molecule has 0 aliphatic rings. The number of fused-ring (bicyclic) bond motifs is 1. The molecule has 19 heavy (non-hydrogen) atoms. The van der Waals surface area contributed by atoms with E-state index < -0.39 is 5.54 Å². The van der Waals surface area contributed by atoms with Gasteiger partial charge < -0.3 is 5.73 Å². The summed E-state index contributed by atoms with van der Waals surface area (Å²) >= 11 is 1.63. The Balaban J connectivity index is 2.20. The van der Waals surface area contributed by atoms with Crippen molar-refractivity contribution in [2.24, 2.45) is 5.73 Å². The number of nitrogens with two attached hydrogens (primary N) is 1. The maximum Gasteiger partial charge on any atom is 0.117 e. The van der Waals surface area contributed by atoms with Gasteiger partial charge in [0.2, 0.25) is 0 Å². The van der Waals surface area contributed by atoms with Crippen LogP contribution in [0, 0.1) is 11.3 Å². The van der Waals surface area contributed by atoms with E-state index in [1.807, 2.05) is 24.3 Å². The number of rotatable bonds is 4. The first-order valence-electron chi connectivity index (χ1n) is 6.08. The monoisotopic (exact) mass is 272 g/mol. The van der Waals surface area contributed by atoms with Crippen molar-refractivity contribution in [1.82, 2.24) is 9.97 Å². The summed E-state index contributed by atoms with van der Waals surface area (Å²) in [6.07, 6.45) is 2.19. The lowest BCUT2D eigenvalue weighted by Crippen LogP contribution is -2.36. The number of nitriles is 1. The SMILES string of the molecule is CC(CC(C)(N)C#N)Sc1ncnc2ccccc12. The maximum atomic E-state index is 8.97. The van der Waals surface area contributed by atoms with Gasteiger partial charge in [0, 0.05) is 10.6 Å². The Kier molecular flexibility index (Phi) is 4.03. The van der Waals surface area contributed by atoms with E-state index in [9.17, 15) is 0 Å². The zero-order valence-corrected chi connectivity index (χ0v) is 11.8. The van der Waals surface area contributed by atoms with Gasteiger partial charge in [-0.15, -0.1) is 11.8 Å². The minimum atomic E-state index is -0.796. The predicted octanol–water partition coefficient (Wildman–Crippen LogP) is 2.74. The molecular formula is C14H16N4S. The lowest BCUT2D eigenvalue weighted by molar-refractivity contribution is 0.545. The van der Waals surface area contributed by atoms with Crippen molar-refractivity contribution in [3.05, 3.63) is 30.6 Å². The molecule has 0 saturated heterocycles. The third kappa shape index (κ3) is 3.43. The molecule has 0 fully saturated rings. The van der Waals surface area contributed by atoms with Crippen LogP contribution in [0.4, 0.5) is 0 Å². The second-order valence-corrected chi connectivity index (χ2v) is 6.28. The van der Waals surface area contributed by atoms with Crippen LogP contribution in [-0.2, 0) is 0 Å². The Morgan fingerprint density at radius 2 is 2.16 bits per heavy atom. The molecule has 2 unspecified atom stereocenters. The molecule has 0 saturated carbocycles. The summed E-state index contributed by atoms with van der Waals surface area (Å²) in [5.41, 5.74) is 6.01. The molecule has 0 spiro atoms. The Morgan fingerprint density at radius 1 is 1.42 bits per heavy atom. The van der Waals surface area contributed by atoms with Crippen LogP contribution in [0.3, 0.4) is 0 Å². The Hall–Kier alpha value is -1.64. The molecule has 2 atom stereocenters. The average Bonchev–Trinajstić information content (AvgIpc) is 2.38. The second-order valence-electron chi connectivity index (χ2n) is 4.86. The standard InChI is InChI=1S/C14H16N4S/c1-10(7-14(2,16)8-15)19-13-11-5-3-4-6-12(11)17-9-18-13/h3-6,9-10H,7,16H2,1-2H3. The van der Waals surface area contributed by atoms with E-state index in [1.165, 1.54) is 0 Å². The van der Waals surface area contributed by atoms with Crippen molar-refractivity contribution in [2.75, 3.05) is 0 Å². The topological polar surface area (TPSA) is 75.6 Å². The van der Waals surface area contributed by atoms with Crippen LogP contribution < -0.4 is 5.73 Å². The van der Waals surface area contributed by atoms with Crippen molar-refractivity contribution in [3.63, 3.8) is 0 Å². The molecular weight excluding hydrogens is 256 g/mol. The molecule has 1 aromatic carbocycles. The first kappa shape index (κ1) is 13.8. The van der Waals surface area contributed by atoms with Gasteiger partial charge in [0.1, 0.15) is 16.9 Å². The lowest BCUT2D eigenvalue weighted by Gasteiger charge is -2.20. The van der Waals surface area contributed by atoms with Crippen LogP contribution in [0.2, 0.25) is 0 Å². The van der Waals surface area contributed by atoms with Crippen molar-refractivity contribution in [3.8, 4) is 6.07 Å². The van der Waals surface area contributed by atoms with Gasteiger partial charge in [0.25, 0.3) is 0 Å². The summed E-state index contributed by atoms with van der Waals surface area (Å²) in [5.74, 6) is 0. The van der Waals surface area contributed by atoms with Crippen molar-refractivity contribution in [1.29, 1.82) is 5.26 Å². The summed E-state index contributed by atoms with van der Waals surface area (Å²) in [7, 11) is 0. The van der Waals surface area contributed by atoms with Gasteiger partial charge in [-0.05, 0) is 19.4 Å². The van der Waals surface area contributed by atoms with Crippen LogP contribution in [-0.4, -0.2) is 20.8 Å². The van der Waals surface area contributed by atoms with E-state index in [1.54, 1.807) is 25.0 Å². The van der Waals surface area contributed by atoms with E-state index in [0.717, 1.165) is 15.9 Å². The van der Waals surface area contributed by atoms with Crippen molar-refractivity contribution < 1.29 is 0 Å². The van der Waals surface area contributed by atoms with Crippen LogP contribution in [0.5, 0.6) is 0 Å². The summed E-state index contributed by atoms with van der Waals surface area (Å²) in [4.78, 5) is 8.57. The number of hydrogen-bond acceptors (Lipinski definition) is 5. The zero-order chi connectivity index (χ0) is 13.9. The van der Waals surface area contributed by atoms with E-state index in [0.29, 0.717) is 6.42 Å². The highest BCUT2D eigenvalue weighted by Gasteiger charge is 2.22. The van der Waals surface area contributed by atoms with Crippen LogP contribution in [0.25, 0.3) is 10.9 Å². The van der Waals surface area contributed by atoms with Gasteiger partial charge in [0.05, 0.1) is 11.6 Å². The minimum absolute atomic E-state index is 0.216. The van der Waals surface area contributed by atoms with Crippen LogP contribution in [0.15, 0.2) is 35.6 Å². The van der Waals surface area contributed by atoms with Gasteiger partial charge in [-0.3, -0.25) is 0 Å². The molecule has 2 N–H and O–H groups in total. The smallest absolute Gasteiger partial charge is 0.117 e. The van der Waals surface area contributed by atoms with Gasteiger partial charge in [-0.1, -0.05) is 25.1 Å². The largest absolute Gasteiger partial charge is 0.314 e. The molecule has 1 aromatic heterocycles. The van der Waals surface area contributed by atoms with E-state index in [2.05, 4.69) is 23.0 Å². The quantitative estimate of drug-likeness (QED) is 0.684. The maximum absolute atomic E-state index is 8.97. The Labute approximate surface area is 117 Å². The summed E-state index contributed by atoms with van der Waals surface area (Å²) < 4.78 is 0. The normalized spacial score (nSPS) is 15.7. The van der Waals surface area contributed by atoms with Gasteiger partial charge in [-0.25, -0.2) is 9.97 Å². The molecule has 0 bridgehead atoms. The molecule has 98 valence electrons. The molecule has 2 aromatic rings. The predicted molar refractivity (Wildman–Crippen MR) is 77.7 cm³/mol. The van der Waals surface area contributed by atoms with E-state index >= 15 is 0 Å². The summed E-state index contributed by atoms with van der Waals surface area (Å²) in [6.45, 7) is 3.81. The number of hydrogen-bond donors (Lipinski definition) is 1. The highest BCUT2D eigenvalue weighted by molar-refractivity contribution is 8.00. The second kappa shape index (κ2) is 5.55. The molecule has 0 aliphatic carbocycles. The van der Waals surface area contributed by atoms with Crippen molar-refractivity contribution in [2.45, 2.75) is 36.1 Å². The fourth-order valence-electron chi connectivity index (χ4n) is 1.95. The van der Waals surface area contributed by atoms with Gasteiger partial charge >= 0.3 is 0 Å². The molecule has 0 radical (unpaired) electrons. The fraction of sp³-hybridized carbons (Fsp3) is 0.357. The van der Waals surface area contributed by atoms with Crippen LogP contribution >= 0.6 is 11.8 Å². The summed E-state index contributed by atoms with van der Waals surface area (Å²) in [6, 6.07) is 10.0. The van der Waals surface area contributed by atoms with E-state index in [4.69, 9.17) is 11.0 Å². The molecule has 0 amide bonds. The highest BCUT2D eigenvalue weighted by atomic mass is 32.2. The van der Waals surface area contributed by atoms with Gasteiger partial charge in [0.15, 0.2) is 0 Å². The highest BCUT2D eigenvalue weighted by Crippen LogP contribution is 2.30. The van der Waals surface area contributed by atoms with Crippen LogP contribution in [0.1, 0.15) is 20.3 Å². The Bertz CT molecular complexity index is 613. The molecule has 0 aliphatic heterocycles. The minimum Gasteiger partial charge on any atom is -0.314 e. The first-order valence-corrected chi connectivity index (χ1v) is 6.96. The van der Waals surface area contributed by atoms with Gasteiger partial charge in [-0.2, -0.15) is 5.26 Å². The number of aromatic nitrogens is 2. The number of thioether (sulfide) groups is 1. The third-order valence-corrected chi connectivity index (χ3v) is 3.90. The number of nitrogens with zero attached hydrogens (tertiary/aromatic N) is 3. The number of benzene rings is 1. The summed E-state index contributed by atoms with van der Waals surface area (Å²) in [5, 5.41) is 11.2. The molecule has 2 rings (SSSR count). The lowest BCUT2D eigenvalue weighted by atomic mass is 10.00. The third-order valence-electron chi connectivity index (χ3n) is 2.79. The first-order chi connectivity index (χ1) is 9.02. The zero-order valence-electron chi connectivity index (χ0n) is 11.0. The average molecular weight is 272 g/mol. The molecule has 4 nitrogen and oxygen atoms in total. The molecule has 5 heteroatoms. The fourth-order valence-corrected chi connectivity index (χ4v) is 3.17. The Morgan fingerprint density at radius 3 is 2.89 bits per heavy atom. The van der Waals surface area contributed by atoms with E-state index in [-0.39, 0.29) is 5.25 Å². The number of para-hydroxylation sites is 1. The van der Waals surface area contributed by atoms with Crippen molar-refractivity contribution >= 4 is 22.7 Å². The molecule has 1 heterocycles.